The van der Waals surface area contributed by atoms with E-state index in [-0.39, 0.29) is 12.2 Å². The molecule has 1 amide bonds. The van der Waals surface area contributed by atoms with Crippen LogP contribution in [0.25, 0.3) is 11.3 Å². The van der Waals surface area contributed by atoms with Crippen LogP contribution in [0.15, 0.2) is 59.1 Å². The lowest BCUT2D eigenvalue weighted by Crippen LogP contribution is -2.13. The molecule has 0 fully saturated rings. The van der Waals surface area contributed by atoms with Gasteiger partial charge >= 0.3 is 0 Å². The molecule has 1 aromatic heterocycles. The van der Waals surface area contributed by atoms with Crippen molar-refractivity contribution in [2.45, 2.75) is 6.61 Å². The van der Waals surface area contributed by atoms with Gasteiger partial charge in [-0.3, -0.25) is 4.79 Å². The van der Waals surface area contributed by atoms with Crippen molar-refractivity contribution in [3.05, 3.63) is 66.2 Å². The first-order valence-electron chi connectivity index (χ1n) is 7.28. The summed E-state index contributed by atoms with van der Waals surface area (Å²) < 4.78 is 16.4. The molecule has 0 aliphatic carbocycles. The van der Waals surface area contributed by atoms with Gasteiger partial charge in [0.15, 0.2) is 12.4 Å². The number of primary amides is 1. The molecule has 6 nitrogen and oxygen atoms in total. The van der Waals surface area contributed by atoms with Gasteiger partial charge in [0, 0.05) is 11.6 Å². The second-order valence-corrected chi connectivity index (χ2v) is 5.00. The number of hydrogen-bond donors (Lipinski definition) is 1. The highest BCUT2D eigenvalue weighted by Gasteiger charge is 2.13. The number of amides is 1. The molecular weight excluding hydrogens is 308 g/mol. The number of aromatic nitrogens is 1. The third-order valence-electron chi connectivity index (χ3n) is 3.42. The Balaban J connectivity index is 1.77. The fourth-order valence-corrected chi connectivity index (χ4v) is 2.20. The largest absolute Gasteiger partial charge is 0.497 e. The second kappa shape index (κ2) is 6.87. The van der Waals surface area contributed by atoms with Crippen molar-refractivity contribution in [1.82, 2.24) is 4.98 Å². The number of benzene rings is 2. The van der Waals surface area contributed by atoms with Crippen LogP contribution in [0.3, 0.4) is 0 Å². The zero-order chi connectivity index (χ0) is 16.9. The number of carbonyl (C=O) groups is 1. The first kappa shape index (κ1) is 15.6. The Morgan fingerprint density at radius 1 is 1.21 bits per heavy atom. The molecule has 3 rings (SSSR count). The van der Waals surface area contributed by atoms with Gasteiger partial charge in [0.25, 0.3) is 5.91 Å². The van der Waals surface area contributed by atoms with E-state index in [0.717, 1.165) is 5.56 Å². The lowest BCUT2D eigenvalue weighted by Gasteiger charge is -2.09. The van der Waals surface area contributed by atoms with Gasteiger partial charge in [0.2, 0.25) is 5.89 Å². The molecule has 0 saturated carbocycles. The summed E-state index contributed by atoms with van der Waals surface area (Å²) in [7, 11) is 1.53. The summed E-state index contributed by atoms with van der Waals surface area (Å²) in [5.74, 6) is 1.35. The van der Waals surface area contributed by atoms with Crippen LogP contribution in [0.2, 0.25) is 0 Å². The molecule has 0 spiro atoms. The highest BCUT2D eigenvalue weighted by atomic mass is 16.5. The molecule has 0 aliphatic rings. The molecule has 2 aromatic carbocycles. The summed E-state index contributed by atoms with van der Waals surface area (Å²) in [5.41, 5.74) is 6.55. The standard InChI is InChI=1S/C18H16N2O4/c1-22-13-7-8-14(18(19)21)15(9-13)23-11-17-20-10-16(24-17)12-5-3-2-4-6-12/h2-10H,11H2,1H3,(H2,19,21). The zero-order valence-electron chi connectivity index (χ0n) is 13.1. The molecule has 0 saturated heterocycles. The van der Waals surface area contributed by atoms with Crippen molar-refractivity contribution in [1.29, 1.82) is 0 Å². The number of oxazole rings is 1. The molecule has 3 aromatic rings. The summed E-state index contributed by atoms with van der Waals surface area (Å²) >= 11 is 0. The van der Waals surface area contributed by atoms with Gasteiger partial charge in [-0.15, -0.1) is 0 Å². The van der Waals surface area contributed by atoms with E-state index in [1.807, 2.05) is 30.3 Å². The Hall–Kier alpha value is -3.28. The van der Waals surface area contributed by atoms with E-state index >= 15 is 0 Å². The SMILES string of the molecule is COc1ccc(C(N)=O)c(OCc2ncc(-c3ccccc3)o2)c1. The van der Waals surface area contributed by atoms with Gasteiger partial charge in [0.1, 0.15) is 11.5 Å². The van der Waals surface area contributed by atoms with Crippen molar-refractivity contribution in [3.63, 3.8) is 0 Å². The van der Waals surface area contributed by atoms with Crippen molar-refractivity contribution in [3.8, 4) is 22.8 Å². The van der Waals surface area contributed by atoms with Crippen LogP contribution in [0.1, 0.15) is 16.2 Å². The third kappa shape index (κ3) is 3.38. The number of rotatable bonds is 6. The van der Waals surface area contributed by atoms with Crippen molar-refractivity contribution in [2.75, 3.05) is 7.11 Å². The van der Waals surface area contributed by atoms with E-state index < -0.39 is 5.91 Å². The molecule has 0 bridgehead atoms. The zero-order valence-corrected chi connectivity index (χ0v) is 13.1. The highest BCUT2D eigenvalue weighted by molar-refractivity contribution is 5.95. The van der Waals surface area contributed by atoms with Crippen LogP contribution in [0, 0.1) is 0 Å². The maximum atomic E-state index is 11.5. The lowest BCUT2D eigenvalue weighted by molar-refractivity contribution is 0.0995. The normalized spacial score (nSPS) is 10.4. The first-order valence-corrected chi connectivity index (χ1v) is 7.28. The number of nitrogens with zero attached hydrogens (tertiary/aromatic N) is 1. The van der Waals surface area contributed by atoms with Gasteiger partial charge < -0.3 is 19.6 Å². The maximum absolute atomic E-state index is 11.5. The average Bonchev–Trinajstić information content (AvgIpc) is 3.09. The topological polar surface area (TPSA) is 87.6 Å². The average molecular weight is 324 g/mol. The molecule has 122 valence electrons. The van der Waals surface area contributed by atoms with Crippen molar-refractivity contribution in [2.24, 2.45) is 5.73 Å². The van der Waals surface area contributed by atoms with Crippen molar-refractivity contribution < 1.29 is 18.7 Å². The van der Waals surface area contributed by atoms with Crippen LogP contribution >= 0.6 is 0 Å². The second-order valence-electron chi connectivity index (χ2n) is 5.00. The number of nitrogens with two attached hydrogens (primary N) is 1. The monoisotopic (exact) mass is 324 g/mol. The van der Waals surface area contributed by atoms with Gasteiger partial charge in [-0.05, 0) is 12.1 Å². The van der Waals surface area contributed by atoms with Crippen molar-refractivity contribution >= 4 is 5.91 Å². The van der Waals surface area contributed by atoms with Crippen LogP contribution in [-0.2, 0) is 6.61 Å². The summed E-state index contributed by atoms with van der Waals surface area (Å²) in [5, 5.41) is 0. The van der Waals surface area contributed by atoms with E-state index in [0.29, 0.717) is 23.1 Å². The van der Waals surface area contributed by atoms with Crippen LogP contribution in [0.5, 0.6) is 11.5 Å². The molecule has 24 heavy (non-hydrogen) atoms. The quantitative estimate of drug-likeness (QED) is 0.753. The number of ether oxygens (including phenoxy) is 2. The van der Waals surface area contributed by atoms with E-state index in [1.54, 1.807) is 24.4 Å². The third-order valence-corrected chi connectivity index (χ3v) is 3.42. The van der Waals surface area contributed by atoms with Gasteiger partial charge in [0.05, 0.1) is 18.9 Å². The van der Waals surface area contributed by atoms with E-state index in [9.17, 15) is 4.79 Å². The fraction of sp³-hybridized carbons (Fsp3) is 0.111. The summed E-state index contributed by atoms with van der Waals surface area (Å²) in [6.45, 7) is 0.0697. The van der Waals surface area contributed by atoms with Gasteiger partial charge in [-0.2, -0.15) is 0 Å². The van der Waals surface area contributed by atoms with Crippen LogP contribution in [0.4, 0.5) is 0 Å². The number of methoxy groups -OCH3 is 1. The summed E-state index contributed by atoms with van der Waals surface area (Å²) in [6, 6.07) is 14.4. The number of carbonyl (C=O) groups excluding carboxylic acids is 1. The van der Waals surface area contributed by atoms with E-state index in [1.165, 1.54) is 7.11 Å². The Morgan fingerprint density at radius 2 is 2.00 bits per heavy atom. The Bertz CT molecular complexity index is 843. The molecule has 0 radical (unpaired) electrons. The Kier molecular flexibility index (Phi) is 4.47. The van der Waals surface area contributed by atoms with Crippen LogP contribution < -0.4 is 15.2 Å². The minimum Gasteiger partial charge on any atom is -0.497 e. The molecule has 0 unspecified atom stereocenters. The molecule has 2 N–H and O–H groups in total. The number of hydrogen-bond acceptors (Lipinski definition) is 5. The Labute approximate surface area is 138 Å². The molecule has 0 aliphatic heterocycles. The Morgan fingerprint density at radius 3 is 2.71 bits per heavy atom. The summed E-state index contributed by atoms with van der Waals surface area (Å²) in [4.78, 5) is 15.7. The highest BCUT2D eigenvalue weighted by Crippen LogP contribution is 2.26. The molecular formula is C18H16N2O4. The van der Waals surface area contributed by atoms with Crippen LogP contribution in [-0.4, -0.2) is 18.0 Å². The molecule has 0 atom stereocenters. The fourth-order valence-electron chi connectivity index (χ4n) is 2.20. The van der Waals surface area contributed by atoms with E-state index in [4.69, 9.17) is 19.6 Å². The van der Waals surface area contributed by atoms with Gasteiger partial charge in [-0.1, -0.05) is 30.3 Å². The van der Waals surface area contributed by atoms with Gasteiger partial charge in [-0.25, -0.2) is 4.98 Å². The molecule has 1 heterocycles. The molecule has 6 heteroatoms. The lowest BCUT2D eigenvalue weighted by atomic mass is 10.2. The maximum Gasteiger partial charge on any atom is 0.252 e. The van der Waals surface area contributed by atoms with E-state index in [2.05, 4.69) is 4.98 Å². The first-order chi connectivity index (χ1) is 11.7. The predicted octanol–water partition coefficient (Wildman–Crippen LogP) is 3.03. The smallest absolute Gasteiger partial charge is 0.252 e. The minimum absolute atomic E-state index is 0.0697. The minimum atomic E-state index is -0.579. The summed E-state index contributed by atoms with van der Waals surface area (Å²) in [6.07, 6.45) is 1.63. The predicted molar refractivity (Wildman–Crippen MR) is 87.8 cm³/mol.